The third-order valence-electron chi connectivity index (χ3n) is 2.06. The lowest BCUT2D eigenvalue weighted by Gasteiger charge is -2.00. The van der Waals surface area contributed by atoms with Crippen molar-refractivity contribution in [3.8, 4) is 0 Å². The number of nitrogens with one attached hydrogen (secondary N) is 1. The molecule has 1 aliphatic heterocycles. The van der Waals surface area contributed by atoms with Crippen molar-refractivity contribution >= 4 is 17.3 Å². The number of esters is 1. The van der Waals surface area contributed by atoms with E-state index in [1.807, 2.05) is 12.3 Å². The summed E-state index contributed by atoms with van der Waals surface area (Å²) in [6.07, 6.45) is 0. The van der Waals surface area contributed by atoms with Gasteiger partial charge in [0.1, 0.15) is 4.88 Å². The normalized spacial score (nSPS) is 14.2. The molecular formula is C9H11NO2S. The van der Waals surface area contributed by atoms with Crippen molar-refractivity contribution in [1.82, 2.24) is 5.32 Å². The van der Waals surface area contributed by atoms with Gasteiger partial charge >= 0.3 is 5.97 Å². The molecule has 4 heteroatoms. The molecule has 2 heterocycles. The molecule has 0 amide bonds. The standard InChI is InChI=1S/C9H11NO2S/c1-2-12-9(11)8-7-4-10-3-6(7)5-13-8/h5,10H,2-4H2,1H3. The highest BCUT2D eigenvalue weighted by atomic mass is 32.1. The first-order valence-corrected chi connectivity index (χ1v) is 5.18. The van der Waals surface area contributed by atoms with Crippen molar-refractivity contribution < 1.29 is 9.53 Å². The van der Waals surface area contributed by atoms with Gasteiger partial charge < -0.3 is 10.1 Å². The van der Waals surface area contributed by atoms with Crippen LogP contribution in [0.15, 0.2) is 5.38 Å². The summed E-state index contributed by atoms with van der Waals surface area (Å²) in [5.74, 6) is -0.183. The van der Waals surface area contributed by atoms with Gasteiger partial charge in [-0.15, -0.1) is 11.3 Å². The van der Waals surface area contributed by atoms with E-state index in [1.165, 1.54) is 16.9 Å². The SMILES string of the molecule is CCOC(=O)c1scc2c1CNC2. The molecule has 0 radical (unpaired) electrons. The first-order valence-electron chi connectivity index (χ1n) is 4.30. The number of rotatable bonds is 2. The third-order valence-corrected chi connectivity index (χ3v) is 3.11. The van der Waals surface area contributed by atoms with Gasteiger partial charge in [-0.1, -0.05) is 0 Å². The number of hydrogen-bond donors (Lipinski definition) is 1. The summed E-state index contributed by atoms with van der Waals surface area (Å²) in [6, 6.07) is 0. The monoisotopic (exact) mass is 197 g/mol. The molecule has 0 spiro atoms. The fraction of sp³-hybridized carbons (Fsp3) is 0.444. The molecule has 0 aromatic carbocycles. The molecule has 1 aliphatic rings. The number of thiophene rings is 1. The van der Waals surface area contributed by atoms with Gasteiger partial charge in [-0.05, 0) is 23.4 Å². The van der Waals surface area contributed by atoms with Crippen LogP contribution >= 0.6 is 11.3 Å². The summed E-state index contributed by atoms with van der Waals surface area (Å²) in [6.45, 7) is 3.95. The largest absolute Gasteiger partial charge is 0.462 e. The summed E-state index contributed by atoms with van der Waals surface area (Å²) in [4.78, 5) is 12.2. The summed E-state index contributed by atoms with van der Waals surface area (Å²) < 4.78 is 4.96. The Morgan fingerprint density at radius 1 is 1.69 bits per heavy atom. The van der Waals surface area contributed by atoms with Gasteiger partial charge in [0, 0.05) is 13.1 Å². The lowest BCUT2D eigenvalue weighted by Crippen LogP contribution is -2.07. The minimum absolute atomic E-state index is 0.183. The Bertz CT molecular complexity index is 332. The van der Waals surface area contributed by atoms with Crippen LogP contribution in [0.3, 0.4) is 0 Å². The Morgan fingerprint density at radius 2 is 2.54 bits per heavy atom. The molecule has 3 nitrogen and oxygen atoms in total. The van der Waals surface area contributed by atoms with Crippen LogP contribution in [0.4, 0.5) is 0 Å². The maximum absolute atomic E-state index is 11.4. The summed E-state index contributed by atoms with van der Waals surface area (Å²) in [5, 5.41) is 5.23. The van der Waals surface area contributed by atoms with Crippen molar-refractivity contribution in [2.24, 2.45) is 0 Å². The van der Waals surface area contributed by atoms with Crippen LogP contribution in [0, 0.1) is 0 Å². The number of carbonyl (C=O) groups is 1. The summed E-state index contributed by atoms with van der Waals surface area (Å²) in [5.41, 5.74) is 2.37. The molecule has 0 bridgehead atoms. The van der Waals surface area contributed by atoms with Crippen molar-refractivity contribution in [1.29, 1.82) is 0 Å². The first-order chi connectivity index (χ1) is 6.33. The van der Waals surface area contributed by atoms with E-state index >= 15 is 0 Å². The maximum Gasteiger partial charge on any atom is 0.348 e. The van der Waals surface area contributed by atoms with E-state index in [4.69, 9.17) is 4.74 Å². The van der Waals surface area contributed by atoms with E-state index in [-0.39, 0.29) is 5.97 Å². The van der Waals surface area contributed by atoms with Gasteiger partial charge in [-0.25, -0.2) is 4.79 Å². The Kier molecular flexibility index (Phi) is 2.33. The Balaban J connectivity index is 2.26. The van der Waals surface area contributed by atoms with Crippen LogP contribution in [0.25, 0.3) is 0 Å². The van der Waals surface area contributed by atoms with Crippen LogP contribution in [0.1, 0.15) is 27.7 Å². The van der Waals surface area contributed by atoms with Gasteiger partial charge in [-0.3, -0.25) is 0 Å². The smallest absolute Gasteiger partial charge is 0.348 e. The molecule has 0 atom stereocenters. The van der Waals surface area contributed by atoms with Crippen LogP contribution in [0.2, 0.25) is 0 Å². The van der Waals surface area contributed by atoms with E-state index < -0.39 is 0 Å². The zero-order chi connectivity index (χ0) is 9.26. The molecule has 0 fully saturated rings. The molecule has 1 aromatic heterocycles. The lowest BCUT2D eigenvalue weighted by atomic mass is 10.2. The molecule has 13 heavy (non-hydrogen) atoms. The van der Waals surface area contributed by atoms with Gasteiger partial charge in [0.2, 0.25) is 0 Å². The van der Waals surface area contributed by atoms with E-state index in [1.54, 1.807) is 0 Å². The van der Waals surface area contributed by atoms with Crippen LogP contribution in [-0.2, 0) is 17.8 Å². The second-order valence-corrected chi connectivity index (χ2v) is 3.77. The molecule has 1 N–H and O–H groups in total. The predicted molar refractivity (Wildman–Crippen MR) is 50.8 cm³/mol. The highest BCUT2D eigenvalue weighted by Gasteiger charge is 2.21. The zero-order valence-corrected chi connectivity index (χ0v) is 8.24. The molecular weight excluding hydrogens is 186 g/mol. The Labute approximate surface area is 80.7 Å². The predicted octanol–water partition coefficient (Wildman–Crippen LogP) is 1.53. The molecule has 0 saturated heterocycles. The third kappa shape index (κ3) is 1.47. The van der Waals surface area contributed by atoms with Crippen molar-refractivity contribution in [2.75, 3.05) is 6.61 Å². The Morgan fingerprint density at radius 3 is 3.31 bits per heavy atom. The second-order valence-electron chi connectivity index (χ2n) is 2.89. The number of hydrogen-bond acceptors (Lipinski definition) is 4. The van der Waals surface area contributed by atoms with Crippen LogP contribution < -0.4 is 5.32 Å². The fourth-order valence-electron chi connectivity index (χ4n) is 1.45. The van der Waals surface area contributed by atoms with Crippen molar-refractivity contribution in [2.45, 2.75) is 20.0 Å². The van der Waals surface area contributed by atoms with Crippen molar-refractivity contribution in [3.63, 3.8) is 0 Å². The molecule has 70 valence electrons. The minimum Gasteiger partial charge on any atom is -0.462 e. The highest BCUT2D eigenvalue weighted by Crippen LogP contribution is 2.26. The highest BCUT2D eigenvalue weighted by molar-refractivity contribution is 7.12. The van der Waals surface area contributed by atoms with Gasteiger partial charge in [-0.2, -0.15) is 0 Å². The number of fused-ring (bicyclic) bond motifs is 1. The maximum atomic E-state index is 11.4. The van der Waals surface area contributed by atoms with E-state index in [0.29, 0.717) is 6.61 Å². The van der Waals surface area contributed by atoms with E-state index in [2.05, 4.69) is 5.32 Å². The summed E-state index contributed by atoms with van der Waals surface area (Å²) >= 11 is 1.49. The zero-order valence-electron chi connectivity index (χ0n) is 7.42. The second kappa shape index (κ2) is 3.47. The average molecular weight is 197 g/mol. The molecule has 0 aliphatic carbocycles. The summed E-state index contributed by atoms with van der Waals surface area (Å²) in [7, 11) is 0. The topological polar surface area (TPSA) is 38.3 Å². The quantitative estimate of drug-likeness (QED) is 0.731. The molecule has 1 aromatic rings. The van der Waals surface area contributed by atoms with Crippen LogP contribution in [0.5, 0.6) is 0 Å². The van der Waals surface area contributed by atoms with Gasteiger partial charge in [0.05, 0.1) is 6.61 Å². The van der Waals surface area contributed by atoms with E-state index in [9.17, 15) is 4.79 Å². The number of ether oxygens (including phenoxy) is 1. The molecule has 0 saturated carbocycles. The van der Waals surface area contributed by atoms with Crippen LogP contribution in [-0.4, -0.2) is 12.6 Å². The first kappa shape index (κ1) is 8.72. The average Bonchev–Trinajstić information content (AvgIpc) is 2.62. The van der Waals surface area contributed by atoms with Gasteiger partial charge in [0.25, 0.3) is 0 Å². The fourth-order valence-corrected chi connectivity index (χ4v) is 2.44. The lowest BCUT2D eigenvalue weighted by molar-refractivity contribution is 0.0531. The van der Waals surface area contributed by atoms with Crippen molar-refractivity contribution in [3.05, 3.63) is 21.4 Å². The Hall–Kier alpha value is -0.870. The van der Waals surface area contributed by atoms with E-state index in [0.717, 1.165) is 23.5 Å². The number of carbonyl (C=O) groups excluding carboxylic acids is 1. The molecule has 2 rings (SSSR count). The minimum atomic E-state index is -0.183. The molecule has 0 unspecified atom stereocenters. The van der Waals surface area contributed by atoms with Gasteiger partial charge in [0.15, 0.2) is 0 Å².